The molecule has 0 aliphatic rings. The van der Waals surface area contributed by atoms with Crippen molar-refractivity contribution in [2.24, 2.45) is 0 Å². The molecule has 2 aromatic carbocycles. The van der Waals surface area contributed by atoms with Crippen LogP contribution < -0.4 is 0 Å². The quantitative estimate of drug-likeness (QED) is 0.570. The van der Waals surface area contributed by atoms with E-state index in [-0.39, 0.29) is 0 Å². The molecule has 0 spiro atoms. The van der Waals surface area contributed by atoms with Crippen molar-refractivity contribution in [3.8, 4) is 0 Å². The lowest BCUT2D eigenvalue weighted by Gasteiger charge is -2.01. The van der Waals surface area contributed by atoms with Crippen molar-refractivity contribution in [1.82, 2.24) is 4.98 Å². The average Bonchev–Trinajstić information content (AvgIpc) is 2.89. The van der Waals surface area contributed by atoms with Crippen LogP contribution in [0.25, 0.3) is 10.9 Å². The number of H-pyrrole nitrogens is 1. The van der Waals surface area contributed by atoms with E-state index in [0.29, 0.717) is 11.1 Å². The van der Waals surface area contributed by atoms with Crippen molar-refractivity contribution in [3.63, 3.8) is 0 Å². The maximum Gasteiger partial charge on any atom is 0.235 e. The second-order valence-corrected chi connectivity index (χ2v) is 5.83. The van der Waals surface area contributed by atoms with E-state index in [1.165, 1.54) is 0 Å². The second-order valence-electron chi connectivity index (χ2n) is 4.92. The molecule has 0 fully saturated rings. The third kappa shape index (κ3) is 2.54. The summed E-state index contributed by atoms with van der Waals surface area (Å²) in [6.07, 6.45) is 1.60. The Kier molecular flexibility index (Phi) is 3.47. The first-order chi connectivity index (χ1) is 10.1. The van der Waals surface area contributed by atoms with Gasteiger partial charge in [0.1, 0.15) is 0 Å². The molecule has 0 aliphatic heterocycles. The van der Waals surface area contributed by atoms with Gasteiger partial charge < -0.3 is 4.98 Å². The van der Waals surface area contributed by atoms with Crippen LogP contribution in [0.2, 0.25) is 0 Å². The number of carbonyl (C=O) groups excluding carboxylic acids is 2. The smallest absolute Gasteiger partial charge is 0.235 e. The average molecular weight is 342 g/mol. The molecule has 0 amide bonds. The molecule has 3 nitrogen and oxygen atoms in total. The molecule has 0 saturated heterocycles. The molecule has 21 heavy (non-hydrogen) atoms. The summed E-state index contributed by atoms with van der Waals surface area (Å²) in [4.78, 5) is 27.8. The number of Topliss-reactive ketones (excluding diaryl/α,β-unsaturated/α-hetero) is 2. The van der Waals surface area contributed by atoms with Gasteiger partial charge in [-0.3, -0.25) is 9.59 Å². The predicted molar refractivity (Wildman–Crippen MR) is 85.8 cm³/mol. The van der Waals surface area contributed by atoms with Crippen molar-refractivity contribution in [1.29, 1.82) is 0 Å². The minimum Gasteiger partial charge on any atom is -0.360 e. The summed E-state index contributed by atoms with van der Waals surface area (Å²) in [5.74, 6) is -0.987. The van der Waals surface area contributed by atoms with E-state index >= 15 is 0 Å². The first-order valence-corrected chi connectivity index (χ1v) is 7.28. The monoisotopic (exact) mass is 341 g/mol. The summed E-state index contributed by atoms with van der Waals surface area (Å²) < 4.78 is 0.870. The van der Waals surface area contributed by atoms with Gasteiger partial charge in [-0.25, -0.2) is 0 Å². The lowest BCUT2D eigenvalue weighted by atomic mass is 10.0. The van der Waals surface area contributed by atoms with E-state index in [0.717, 1.165) is 20.9 Å². The topological polar surface area (TPSA) is 49.9 Å². The third-order valence-electron chi connectivity index (χ3n) is 3.39. The molecule has 3 rings (SSSR count). The lowest BCUT2D eigenvalue weighted by molar-refractivity contribution is 0.0818. The zero-order valence-corrected chi connectivity index (χ0v) is 12.9. The fourth-order valence-corrected chi connectivity index (χ4v) is 2.54. The number of aromatic amines is 1. The number of fused-ring (bicyclic) bond motifs is 1. The highest BCUT2D eigenvalue weighted by atomic mass is 79.9. The van der Waals surface area contributed by atoms with E-state index in [4.69, 9.17) is 0 Å². The zero-order chi connectivity index (χ0) is 15.0. The minimum atomic E-state index is -0.495. The highest BCUT2D eigenvalue weighted by Crippen LogP contribution is 2.21. The van der Waals surface area contributed by atoms with Gasteiger partial charge in [0.25, 0.3) is 0 Å². The van der Waals surface area contributed by atoms with E-state index in [2.05, 4.69) is 20.9 Å². The molecule has 0 radical (unpaired) electrons. The van der Waals surface area contributed by atoms with Crippen molar-refractivity contribution >= 4 is 38.4 Å². The van der Waals surface area contributed by atoms with E-state index < -0.39 is 11.6 Å². The van der Waals surface area contributed by atoms with E-state index in [1.807, 2.05) is 25.1 Å². The molecule has 0 aliphatic carbocycles. The molecule has 1 heterocycles. The number of halogens is 1. The van der Waals surface area contributed by atoms with Gasteiger partial charge in [0.15, 0.2) is 0 Å². The number of hydrogen-bond donors (Lipinski definition) is 1. The Morgan fingerprint density at radius 1 is 1.00 bits per heavy atom. The Morgan fingerprint density at radius 3 is 2.43 bits per heavy atom. The highest BCUT2D eigenvalue weighted by Gasteiger charge is 2.21. The number of benzene rings is 2. The van der Waals surface area contributed by atoms with E-state index in [1.54, 1.807) is 30.5 Å². The van der Waals surface area contributed by atoms with Gasteiger partial charge in [-0.15, -0.1) is 0 Å². The number of aryl methyl sites for hydroxylation is 1. The molecule has 0 bridgehead atoms. The second kappa shape index (κ2) is 5.30. The SMILES string of the molecule is Cc1ccc2[nH]cc(C(=O)C(=O)c3ccc(Br)cc3)c2c1. The number of nitrogens with one attached hydrogen (secondary N) is 1. The van der Waals surface area contributed by atoms with Gasteiger partial charge >= 0.3 is 0 Å². The molecule has 1 aromatic heterocycles. The van der Waals surface area contributed by atoms with Crippen LogP contribution in [-0.2, 0) is 0 Å². The molecule has 0 unspecified atom stereocenters. The number of ketones is 2. The van der Waals surface area contributed by atoms with Crippen LogP contribution >= 0.6 is 15.9 Å². The molecule has 104 valence electrons. The number of hydrogen-bond acceptors (Lipinski definition) is 2. The first-order valence-electron chi connectivity index (χ1n) is 6.48. The van der Waals surface area contributed by atoms with Gasteiger partial charge in [0.2, 0.25) is 11.6 Å². The normalized spacial score (nSPS) is 10.8. The van der Waals surface area contributed by atoms with Gasteiger partial charge in [0.05, 0.1) is 5.56 Å². The molecule has 3 aromatic rings. The number of rotatable bonds is 3. The fraction of sp³-hybridized carbons (Fsp3) is 0.0588. The van der Waals surface area contributed by atoms with Gasteiger partial charge in [-0.2, -0.15) is 0 Å². The summed E-state index contributed by atoms with van der Waals surface area (Å²) >= 11 is 3.31. The van der Waals surface area contributed by atoms with Crippen LogP contribution in [0.3, 0.4) is 0 Å². The number of carbonyl (C=O) groups is 2. The zero-order valence-electron chi connectivity index (χ0n) is 11.3. The lowest BCUT2D eigenvalue weighted by Crippen LogP contribution is -2.14. The maximum absolute atomic E-state index is 12.4. The highest BCUT2D eigenvalue weighted by molar-refractivity contribution is 9.10. The first kappa shape index (κ1) is 13.8. The maximum atomic E-state index is 12.4. The Balaban J connectivity index is 2.02. The van der Waals surface area contributed by atoms with Crippen molar-refractivity contribution < 1.29 is 9.59 Å². The van der Waals surface area contributed by atoms with Crippen LogP contribution in [0, 0.1) is 6.92 Å². The Labute approximate surface area is 130 Å². The summed E-state index contributed by atoms with van der Waals surface area (Å²) in [6.45, 7) is 1.96. The van der Waals surface area contributed by atoms with Crippen LogP contribution in [0.15, 0.2) is 53.1 Å². The molecule has 4 heteroatoms. The number of aromatic nitrogens is 1. The third-order valence-corrected chi connectivity index (χ3v) is 3.92. The Bertz CT molecular complexity index is 847. The minimum absolute atomic E-state index is 0.394. The van der Waals surface area contributed by atoms with Gasteiger partial charge in [-0.05, 0) is 43.3 Å². The van der Waals surface area contributed by atoms with Gasteiger partial charge in [0, 0.05) is 27.1 Å². The Hall–Kier alpha value is -2.20. The van der Waals surface area contributed by atoms with E-state index in [9.17, 15) is 9.59 Å². The Morgan fingerprint density at radius 2 is 1.71 bits per heavy atom. The standard InChI is InChI=1S/C17H12BrNO2/c1-10-2-7-15-13(8-10)14(9-19-15)17(21)16(20)11-3-5-12(18)6-4-11/h2-9,19H,1H3. The molecular formula is C17H12BrNO2. The summed E-state index contributed by atoms with van der Waals surface area (Å²) in [7, 11) is 0. The van der Waals surface area contributed by atoms with Crippen LogP contribution in [0.5, 0.6) is 0 Å². The molecule has 0 saturated carbocycles. The summed E-state index contributed by atoms with van der Waals surface area (Å²) in [6, 6.07) is 12.6. The van der Waals surface area contributed by atoms with Crippen LogP contribution in [0.4, 0.5) is 0 Å². The molecular weight excluding hydrogens is 330 g/mol. The van der Waals surface area contributed by atoms with Crippen molar-refractivity contribution in [2.45, 2.75) is 6.92 Å². The summed E-state index contributed by atoms with van der Waals surface area (Å²) in [5, 5.41) is 0.783. The largest absolute Gasteiger partial charge is 0.360 e. The van der Waals surface area contributed by atoms with Gasteiger partial charge in [-0.1, -0.05) is 27.6 Å². The van der Waals surface area contributed by atoms with Crippen LogP contribution in [0.1, 0.15) is 26.3 Å². The fourth-order valence-electron chi connectivity index (χ4n) is 2.28. The summed E-state index contributed by atoms with van der Waals surface area (Å²) in [5.41, 5.74) is 2.71. The molecule has 1 N–H and O–H groups in total. The van der Waals surface area contributed by atoms with Crippen molar-refractivity contribution in [2.75, 3.05) is 0 Å². The van der Waals surface area contributed by atoms with Crippen LogP contribution in [-0.4, -0.2) is 16.6 Å². The predicted octanol–water partition coefficient (Wildman–Crippen LogP) is 4.30. The molecule has 0 atom stereocenters. The van der Waals surface area contributed by atoms with Crippen molar-refractivity contribution in [3.05, 3.63) is 69.8 Å².